The lowest BCUT2D eigenvalue weighted by Crippen LogP contribution is -2.25. The molecule has 3 nitrogen and oxygen atoms in total. The molecule has 1 aliphatic rings. The first-order valence-electron chi connectivity index (χ1n) is 7.18. The summed E-state index contributed by atoms with van der Waals surface area (Å²) in [5, 5.41) is 0. The highest BCUT2D eigenvalue weighted by molar-refractivity contribution is 5.29. The van der Waals surface area contributed by atoms with Gasteiger partial charge in [-0.25, -0.2) is 4.98 Å². The van der Waals surface area contributed by atoms with Crippen molar-refractivity contribution in [3.63, 3.8) is 0 Å². The molecule has 1 atom stereocenters. The van der Waals surface area contributed by atoms with Crippen LogP contribution in [0.1, 0.15) is 51.1 Å². The summed E-state index contributed by atoms with van der Waals surface area (Å²) in [6.07, 6.45) is 6.87. The molecule has 0 aromatic carbocycles. The molecule has 0 unspecified atom stereocenters. The summed E-state index contributed by atoms with van der Waals surface area (Å²) in [5.41, 5.74) is 1.27. The minimum atomic E-state index is 0.506. The van der Waals surface area contributed by atoms with Gasteiger partial charge in [0.2, 0.25) is 5.88 Å². The van der Waals surface area contributed by atoms with Gasteiger partial charge in [-0.05, 0) is 45.3 Å². The molecule has 18 heavy (non-hydrogen) atoms. The average molecular weight is 248 g/mol. The van der Waals surface area contributed by atoms with Gasteiger partial charge in [-0.1, -0.05) is 19.4 Å². The van der Waals surface area contributed by atoms with Gasteiger partial charge >= 0.3 is 0 Å². The fourth-order valence-electron chi connectivity index (χ4n) is 2.72. The lowest BCUT2D eigenvalue weighted by Gasteiger charge is -2.25. The maximum absolute atomic E-state index is 5.66. The minimum absolute atomic E-state index is 0.506. The van der Waals surface area contributed by atoms with Crippen LogP contribution in [-0.4, -0.2) is 29.6 Å². The van der Waals surface area contributed by atoms with Crippen LogP contribution in [-0.2, 0) is 0 Å². The van der Waals surface area contributed by atoms with Crippen molar-refractivity contribution in [1.82, 2.24) is 9.88 Å². The second kappa shape index (κ2) is 6.74. The van der Waals surface area contributed by atoms with Crippen LogP contribution in [0, 0.1) is 0 Å². The van der Waals surface area contributed by atoms with Crippen molar-refractivity contribution < 1.29 is 4.74 Å². The van der Waals surface area contributed by atoms with Crippen LogP contribution in [0.5, 0.6) is 5.88 Å². The molecule has 100 valence electrons. The molecule has 0 spiro atoms. The third kappa shape index (κ3) is 3.02. The maximum Gasteiger partial charge on any atom is 0.218 e. The van der Waals surface area contributed by atoms with E-state index in [0.717, 1.165) is 5.88 Å². The van der Waals surface area contributed by atoms with E-state index in [4.69, 9.17) is 4.74 Å². The third-order valence-corrected chi connectivity index (χ3v) is 3.60. The number of likely N-dealkylation sites (tertiary alicyclic amines) is 1. The van der Waals surface area contributed by atoms with Crippen LogP contribution < -0.4 is 4.74 Å². The van der Waals surface area contributed by atoms with Crippen LogP contribution in [0.2, 0.25) is 0 Å². The fraction of sp³-hybridized carbons (Fsp3) is 0.667. The maximum atomic E-state index is 5.66. The topological polar surface area (TPSA) is 25.4 Å². The second-order valence-electron chi connectivity index (χ2n) is 4.88. The smallest absolute Gasteiger partial charge is 0.218 e. The lowest BCUT2D eigenvalue weighted by molar-refractivity contribution is 0.241. The molecule has 2 rings (SSSR count). The van der Waals surface area contributed by atoms with Crippen LogP contribution in [0.25, 0.3) is 0 Å². The second-order valence-corrected chi connectivity index (χ2v) is 4.88. The molecule has 1 saturated heterocycles. The number of rotatable bonds is 6. The predicted molar refractivity (Wildman–Crippen MR) is 73.9 cm³/mol. The van der Waals surface area contributed by atoms with E-state index in [-0.39, 0.29) is 0 Å². The normalized spacial score (nSPS) is 20.2. The highest BCUT2D eigenvalue weighted by Crippen LogP contribution is 2.35. The van der Waals surface area contributed by atoms with Crippen LogP contribution >= 0.6 is 0 Å². The number of ether oxygens (including phenoxy) is 1. The van der Waals surface area contributed by atoms with Crippen molar-refractivity contribution >= 4 is 0 Å². The number of unbranched alkanes of at least 4 members (excludes halogenated alkanes) is 1. The summed E-state index contributed by atoms with van der Waals surface area (Å²) in [7, 11) is 0. The van der Waals surface area contributed by atoms with E-state index in [1.807, 2.05) is 19.2 Å². The van der Waals surface area contributed by atoms with Crippen molar-refractivity contribution in [1.29, 1.82) is 0 Å². The Morgan fingerprint density at radius 3 is 3.11 bits per heavy atom. The van der Waals surface area contributed by atoms with Gasteiger partial charge in [0.25, 0.3) is 0 Å². The summed E-state index contributed by atoms with van der Waals surface area (Å²) in [5.74, 6) is 0.827. The first-order valence-corrected chi connectivity index (χ1v) is 7.18. The molecular formula is C15H24N2O. The number of aromatic nitrogens is 1. The Bertz CT molecular complexity index is 367. The van der Waals surface area contributed by atoms with Crippen molar-refractivity contribution in [3.8, 4) is 5.88 Å². The van der Waals surface area contributed by atoms with Gasteiger partial charge in [0, 0.05) is 17.8 Å². The molecule has 0 aliphatic carbocycles. The zero-order valence-corrected chi connectivity index (χ0v) is 11.6. The zero-order chi connectivity index (χ0) is 12.8. The molecular weight excluding hydrogens is 224 g/mol. The third-order valence-electron chi connectivity index (χ3n) is 3.60. The predicted octanol–water partition coefficient (Wildman–Crippen LogP) is 3.42. The molecule has 1 aromatic rings. The summed E-state index contributed by atoms with van der Waals surface area (Å²) >= 11 is 0. The van der Waals surface area contributed by atoms with Crippen LogP contribution in [0.15, 0.2) is 18.3 Å². The minimum Gasteiger partial charge on any atom is -0.478 e. The van der Waals surface area contributed by atoms with Gasteiger partial charge in [-0.15, -0.1) is 0 Å². The summed E-state index contributed by atoms with van der Waals surface area (Å²) in [6.45, 7) is 7.36. The Labute approximate surface area is 110 Å². The van der Waals surface area contributed by atoms with Gasteiger partial charge in [0.1, 0.15) is 0 Å². The van der Waals surface area contributed by atoms with E-state index in [9.17, 15) is 0 Å². The average Bonchev–Trinajstić information content (AvgIpc) is 2.85. The Balaban J connectivity index is 2.13. The highest BCUT2D eigenvalue weighted by Gasteiger charge is 2.28. The molecule has 0 saturated carbocycles. The first kappa shape index (κ1) is 13.3. The van der Waals surface area contributed by atoms with Crippen molar-refractivity contribution in [2.45, 2.75) is 45.6 Å². The highest BCUT2D eigenvalue weighted by atomic mass is 16.5. The number of hydrogen-bond donors (Lipinski definition) is 0. The standard InChI is InChI=1S/C15H24N2O/c1-3-5-11-17-12-7-9-14(17)13-8-6-10-16-15(13)18-4-2/h6,8,10,14H,3-5,7,9,11-12H2,1-2H3/t14-/m0/s1. The van der Waals surface area contributed by atoms with Gasteiger partial charge in [0.15, 0.2) is 0 Å². The zero-order valence-electron chi connectivity index (χ0n) is 11.6. The molecule has 1 fully saturated rings. The molecule has 1 aliphatic heterocycles. The summed E-state index contributed by atoms with van der Waals surface area (Å²) in [6, 6.07) is 4.70. The van der Waals surface area contributed by atoms with E-state index in [1.165, 1.54) is 44.3 Å². The summed E-state index contributed by atoms with van der Waals surface area (Å²) in [4.78, 5) is 6.97. The Morgan fingerprint density at radius 2 is 2.33 bits per heavy atom. The van der Waals surface area contributed by atoms with Crippen molar-refractivity contribution in [2.24, 2.45) is 0 Å². The van der Waals surface area contributed by atoms with Gasteiger partial charge in [-0.2, -0.15) is 0 Å². The fourth-order valence-corrected chi connectivity index (χ4v) is 2.72. The SMILES string of the molecule is CCCCN1CCC[C@H]1c1cccnc1OCC. The Morgan fingerprint density at radius 1 is 1.44 bits per heavy atom. The summed E-state index contributed by atoms with van der Waals surface area (Å²) < 4.78 is 5.66. The largest absolute Gasteiger partial charge is 0.478 e. The van der Waals surface area contributed by atoms with Gasteiger partial charge in [0.05, 0.1) is 6.61 Å². The van der Waals surface area contributed by atoms with Crippen LogP contribution in [0.3, 0.4) is 0 Å². The van der Waals surface area contributed by atoms with Gasteiger partial charge < -0.3 is 4.74 Å². The van der Waals surface area contributed by atoms with Gasteiger partial charge in [-0.3, -0.25) is 4.90 Å². The first-order chi connectivity index (χ1) is 8.86. The molecule has 0 amide bonds. The van der Waals surface area contributed by atoms with E-state index >= 15 is 0 Å². The van der Waals surface area contributed by atoms with Crippen molar-refractivity contribution in [2.75, 3.05) is 19.7 Å². The number of hydrogen-bond acceptors (Lipinski definition) is 3. The van der Waals surface area contributed by atoms with E-state index < -0.39 is 0 Å². The molecule has 3 heteroatoms. The monoisotopic (exact) mass is 248 g/mol. The Hall–Kier alpha value is -1.09. The van der Waals surface area contributed by atoms with Crippen molar-refractivity contribution in [3.05, 3.63) is 23.9 Å². The molecule has 2 heterocycles. The lowest BCUT2D eigenvalue weighted by atomic mass is 10.1. The molecule has 0 N–H and O–H groups in total. The van der Waals surface area contributed by atoms with E-state index in [1.54, 1.807) is 0 Å². The number of nitrogens with zero attached hydrogens (tertiary/aromatic N) is 2. The molecule has 1 aromatic heterocycles. The quantitative estimate of drug-likeness (QED) is 0.771. The molecule has 0 radical (unpaired) electrons. The van der Waals surface area contributed by atoms with E-state index in [2.05, 4.69) is 22.9 Å². The van der Waals surface area contributed by atoms with Crippen LogP contribution in [0.4, 0.5) is 0 Å². The van der Waals surface area contributed by atoms with E-state index in [0.29, 0.717) is 12.6 Å². The molecule has 0 bridgehead atoms. The number of pyridine rings is 1. The Kier molecular flexibility index (Phi) is 5.00.